The highest BCUT2D eigenvalue weighted by Crippen LogP contribution is 2.44. The number of halogens is 2. The Hall–Kier alpha value is -3.84. The van der Waals surface area contributed by atoms with E-state index in [4.69, 9.17) is 21.1 Å². The second kappa shape index (κ2) is 9.19. The van der Waals surface area contributed by atoms with Crippen molar-refractivity contribution in [1.29, 1.82) is 0 Å². The Morgan fingerprint density at radius 1 is 0.971 bits per heavy atom. The highest BCUT2D eigenvalue weighted by atomic mass is 35.5. The molecule has 1 amide bonds. The average Bonchev–Trinajstić information content (AvgIpc) is 3.10. The number of ether oxygens (including phenoxy) is 2. The van der Waals surface area contributed by atoms with Crippen LogP contribution in [0.15, 0.2) is 66.2 Å². The van der Waals surface area contributed by atoms with Gasteiger partial charge in [-0.3, -0.25) is 14.5 Å². The lowest BCUT2D eigenvalue weighted by atomic mass is 9.94. The van der Waals surface area contributed by atoms with Gasteiger partial charge in [0.1, 0.15) is 23.1 Å². The van der Waals surface area contributed by atoms with Crippen LogP contribution >= 0.6 is 11.6 Å². The van der Waals surface area contributed by atoms with Crippen LogP contribution in [0, 0.1) is 12.7 Å². The number of Topliss-reactive ketones (excluding diaryl/α,β-unsaturated/α-hetero) is 1. The number of carbonyl (C=O) groups is 2. The summed E-state index contributed by atoms with van der Waals surface area (Å²) in [7, 11) is 2.82. The number of hydrogen-bond donors (Lipinski definition) is 1. The van der Waals surface area contributed by atoms with Gasteiger partial charge in [-0.05, 0) is 42.8 Å². The smallest absolute Gasteiger partial charge is 0.300 e. The molecule has 0 saturated carbocycles. The molecule has 1 atom stereocenters. The summed E-state index contributed by atoms with van der Waals surface area (Å²) in [6.45, 7) is 1.90. The van der Waals surface area contributed by atoms with Gasteiger partial charge in [-0.1, -0.05) is 41.4 Å². The minimum Gasteiger partial charge on any atom is -0.507 e. The van der Waals surface area contributed by atoms with E-state index < -0.39 is 29.3 Å². The number of aliphatic hydroxyl groups excluding tert-OH is 1. The number of methoxy groups -OCH3 is 2. The van der Waals surface area contributed by atoms with Gasteiger partial charge >= 0.3 is 0 Å². The van der Waals surface area contributed by atoms with Crippen LogP contribution in [0.25, 0.3) is 5.76 Å². The molecular formula is C26H21ClFNO5. The van der Waals surface area contributed by atoms with Gasteiger partial charge < -0.3 is 14.6 Å². The van der Waals surface area contributed by atoms with Crippen LogP contribution in [0.5, 0.6) is 11.5 Å². The highest BCUT2D eigenvalue weighted by molar-refractivity contribution is 6.51. The third-order valence-electron chi connectivity index (χ3n) is 5.67. The molecule has 0 spiro atoms. The number of ketones is 1. The summed E-state index contributed by atoms with van der Waals surface area (Å²) in [5, 5.41) is 11.5. The average molecular weight is 482 g/mol. The predicted molar refractivity (Wildman–Crippen MR) is 127 cm³/mol. The first-order valence-corrected chi connectivity index (χ1v) is 10.7. The van der Waals surface area contributed by atoms with Crippen molar-refractivity contribution in [3.8, 4) is 11.5 Å². The topological polar surface area (TPSA) is 76.1 Å². The molecule has 1 heterocycles. The Bertz CT molecular complexity index is 1300. The van der Waals surface area contributed by atoms with Gasteiger partial charge in [-0.2, -0.15) is 0 Å². The Balaban J connectivity index is 1.98. The number of benzene rings is 3. The van der Waals surface area contributed by atoms with Gasteiger partial charge in [-0.25, -0.2) is 4.39 Å². The van der Waals surface area contributed by atoms with Crippen molar-refractivity contribution in [3.05, 3.63) is 93.8 Å². The van der Waals surface area contributed by atoms with Gasteiger partial charge in [0.15, 0.2) is 0 Å². The number of anilines is 1. The van der Waals surface area contributed by atoms with Gasteiger partial charge in [0.2, 0.25) is 0 Å². The summed E-state index contributed by atoms with van der Waals surface area (Å²) in [5.74, 6) is -2.15. The molecule has 1 saturated heterocycles. The number of aliphatic hydroxyl groups is 1. The van der Waals surface area contributed by atoms with Crippen molar-refractivity contribution in [2.24, 2.45) is 0 Å². The lowest BCUT2D eigenvalue weighted by molar-refractivity contribution is -0.132. The van der Waals surface area contributed by atoms with Crippen molar-refractivity contribution < 1.29 is 28.6 Å². The van der Waals surface area contributed by atoms with Gasteiger partial charge in [0, 0.05) is 11.8 Å². The molecule has 1 unspecified atom stereocenters. The molecule has 174 valence electrons. The van der Waals surface area contributed by atoms with E-state index >= 15 is 0 Å². The number of aryl methyl sites for hydroxylation is 1. The summed E-state index contributed by atoms with van der Waals surface area (Å²) in [6.07, 6.45) is 0. The second-order valence-corrected chi connectivity index (χ2v) is 8.15. The third-order valence-corrected chi connectivity index (χ3v) is 5.97. The lowest BCUT2D eigenvalue weighted by Gasteiger charge is -2.25. The molecule has 34 heavy (non-hydrogen) atoms. The molecule has 1 aliphatic heterocycles. The van der Waals surface area contributed by atoms with Crippen LogP contribution in [0.1, 0.15) is 22.7 Å². The monoisotopic (exact) mass is 481 g/mol. The summed E-state index contributed by atoms with van der Waals surface area (Å²) < 4.78 is 24.2. The maximum Gasteiger partial charge on any atom is 0.300 e. The Kier molecular flexibility index (Phi) is 6.30. The van der Waals surface area contributed by atoms with Crippen LogP contribution in [0.4, 0.5) is 10.1 Å². The molecule has 3 aromatic rings. The van der Waals surface area contributed by atoms with E-state index in [1.165, 1.54) is 55.5 Å². The number of nitrogens with zero attached hydrogens (tertiary/aromatic N) is 1. The highest BCUT2D eigenvalue weighted by Gasteiger charge is 2.47. The van der Waals surface area contributed by atoms with E-state index in [1.54, 1.807) is 12.1 Å². The second-order valence-electron chi connectivity index (χ2n) is 7.74. The number of rotatable bonds is 5. The molecule has 6 nitrogen and oxygen atoms in total. The predicted octanol–water partition coefficient (Wildman–Crippen LogP) is 5.43. The molecule has 0 aromatic heterocycles. The standard InChI is InChI=1S/C26H21ClFNO5/c1-14-4-10-17(11-5-14)29-23(15-6-8-16(28)9-7-15)22(25(31)26(29)32)24(30)18-12-19(27)21(34-3)13-20(18)33-2/h4-13,23,30H,1-3H3/b24-22+. The SMILES string of the molecule is COc1cc(OC)c(/C(O)=C2\C(=O)C(=O)N(c3ccc(C)cc3)C2c2ccc(F)cc2)cc1Cl. The van der Waals surface area contributed by atoms with Crippen LogP contribution in [0.3, 0.4) is 0 Å². The maximum atomic E-state index is 13.7. The minimum atomic E-state index is -1.01. The molecule has 0 aliphatic carbocycles. The van der Waals surface area contributed by atoms with Crippen molar-refractivity contribution >= 4 is 34.7 Å². The maximum absolute atomic E-state index is 13.7. The molecule has 4 rings (SSSR count). The Labute approximate surface area is 200 Å². The fourth-order valence-corrected chi connectivity index (χ4v) is 4.20. The molecule has 0 bridgehead atoms. The fraction of sp³-hybridized carbons (Fsp3) is 0.154. The van der Waals surface area contributed by atoms with Crippen molar-refractivity contribution in [1.82, 2.24) is 0 Å². The minimum absolute atomic E-state index is 0.113. The first kappa shape index (κ1) is 23.3. The molecule has 0 radical (unpaired) electrons. The first-order chi connectivity index (χ1) is 16.3. The van der Waals surface area contributed by atoms with E-state index in [2.05, 4.69) is 0 Å². The summed E-state index contributed by atoms with van der Waals surface area (Å²) in [4.78, 5) is 27.7. The van der Waals surface area contributed by atoms with E-state index in [9.17, 15) is 19.1 Å². The molecule has 1 fully saturated rings. The number of carbonyl (C=O) groups excluding carboxylic acids is 2. The Morgan fingerprint density at radius 2 is 1.59 bits per heavy atom. The van der Waals surface area contributed by atoms with Crippen LogP contribution < -0.4 is 14.4 Å². The van der Waals surface area contributed by atoms with Gasteiger partial charge in [0.25, 0.3) is 11.7 Å². The molecule has 8 heteroatoms. The molecule has 3 aromatic carbocycles. The number of hydrogen-bond acceptors (Lipinski definition) is 5. The normalized spacial score (nSPS) is 17.2. The molecule has 1 aliphatic rings. The first-order valence-electron chi connectivity index (χ1n) is 10.3. The van der Waals surface area contributed by atoms with Crippen LogP contribution in [-0.4, -0.2) is 31.0 Å². The van der Waals surface area contributed by atoms with E-state index in [0.29, 0.717) is 17.0 Å². The fourth-order valence-electron chi connectivity index (χ4n) is 3.95. The quantitative estimate of drug-likeness (QED) is 0.299. The zero-order chi connectivity index (χ0) is 24.6. The third kappa shape index (κ3) is 3.99. The zero-order valence-electron chi connectivity index (χ0n) is 18.6. The largest absolute Gasteiger partial charge is 0.507 e. The number of amides is 1. The molecule has 1 N–H and O–H groups in total. The summed E-state index contributed by atoms with van der Waals surface area (Å²) in [5.41, 5.74) is 1.82. The van der Waals surface area contributed by atoms with Gasteiger partial charge in [-0.15, -0.1) is 0 Å². The van der Waals surface area contributed by atoms with Crippen LogP contribution in [0.2, 0.25) is 5.02 Å². The van der Waals surface area contributed by atoms with E-state index in [0.717, 1.165) is 5.56 Å². The Morgan fingerprint density at radius 3 is 2.18 bits per heavy atom. The van der Waals surface area contributed by atoms with Crippen molar-refractivity contribution in [2.75, 3.05) is 19.1 Å². The van der Waals surface area contributed by atoms with Crippen LogP contribution in [-0.2, 0) is 9.59 Å². The summed E-state index contributed by atoms with van der Waals surface area (Å²) in [6, 6.07) is 14.3. The van der Waals surface area contributed by atoms with E-state index in [1.807, 2.05) is 19.1 Å². The van der Waals surface area contributed by atoms with Gasteiger partial charge in [0.05, 0.1) is 36.4 Å². The van der Waals surface area contributed by atoms with E-state index in [-0.39, 0.29) is 21.9 Å². The lowest BCUT2D eigenvalue weighted by Crippen LogP contribution is -2.29. The van der Waals surface area contributed by atoms with Crippen molar-refractivity contribution in [3.63, 3.8) is 0 Å². The van der Waals surface area contributed by atoms with Crippen molar-refractivity contribution in [2.45, 2.75) is 13.0 Å². The molecular weight excluding hydrogens is 461 g/mol. The zero-order valence-corrected chi connectivity index (χ0v) is 19.4. The summed E-state index contributed by atoms with van der Waals surface area (Å²) >= 11 is 6.27.